The number of amides is 1. The first kappa shape index (κ1) is 12.5. The van der Waals surface area contributed by atoms with Crippen molar-refractivity contribution in [2.45, 2.75) is 52.9 Å². The number of hydrogen-bond donors (Lipinski definition) is 1. The third-order valence-corrected chi connectivity index (χ3v) is 1.96. The standard InChI is InChI=1S/C11H23NO/c1-4-5-6-7-8-11(13)12-9-10(2)3/h10H,4-9H2,1-3H3,(H,12,13). The van der Waals surface area contributed by atoms with E-state index in [0.717, 1.165) is 13.0 Å². The molecule has 0 fully saturated rings. The van der Waals surface area contributed by atoms with Gasteiger partial charge in [-0.15, -0.1) is 0 Å². The minimum atomic E-state index is 0.213. The zero-order valence-corrected chi connectivity index (χ0v) is 9.23. The summed E-state index contributed by atoms with van der Waals surface area (Å²) in [5.41, 5.74) is 0. The van der Waals surface area contributed by atoms with Crippen LogP contribution in [0.2, 0.25) is 0 Å². The van der Waals surface area contributed by atoms with E-state index in [1.165, 1.54) is 19.3 Å². The smallest absolute Gasteiger partial charge is 0.220 e. The second-order valence-corrected chi connectivity index (χ2v) is 4.01. The summed E-state index contributed by atoms with van der Waals surface area (Å²) in [7, 11) is 0. The van der Waals surface area contributed by atoms with E-state index in [0.29, 0.717) is 12.3 Å². The number of nitrogens with one attached hydrogen (secondary N) is 1. The van der Waals surface area contributed by atoms with Crippen LogP contribution in [0.5, 0.6) is 0 Å². The third kappa shape index (κ3) is 9.38. The van der Waals surface area contributed by atoms with Crippen molar-refractivity contribution in [3.8, 4) is 0 Å². The van der Waals surface area contributed by atoms with Gasteiger partial charge in [-0.3, -0.25) is 4.79 Å². The number of carbonyl (C=O) groups excluding carboxylic acids is 1. The minimum Gasteiger partial charge on any atom is -0.356 e. The van der Waals surface area contributed by atoms with E-state index in [4.69, 9.17) is 0 Å². The van der Waals surface area contributed by atoms with Crippen LogP contribution in [-0.4, -0.2) is 12.5 Å². The van der Waals surface area contributed by atoms with E-state index >= 15 is 0 Å². The highest BCUT2D eigenvalue weighted by molar-refractivity contribution is 5.75. The summed E-state index contributed by atoms with van der Waals surface area (Å²) in [6.45, 7) is 7.21. The maximum absolute atomic E-state index is 11.2. The molecule has 0 aliphatic carbocycles. The van der Waals surface area contributed by atoms with Crippen LogP contribution in [-0.2, 0) is 4.79 Å². The van der Waals surface area contributed by atoms with E-state index in [1.807, 2.05) is 0 Å². The summed E-state index contributed by atoms with van der Waals surface area (Å²) in [6, 6.07) is 0. The first-order valence-electron chi connectivity index (χ1n) is 5.43. The van der Waals surface area contributed by atoms with Crippen LogP contribution in [0.1, 0.15) is 52.9 Å². The molecule has 0 aromatic heterocycles. The van der Waals surface area contributed by atoms with Gasteiger partial charge < -0.3 is 5.32 Å². The fraction of sp³-hybridized carbons (Fsp3) is 0.909. The Morgan fingerprint density at radius 1 is 1.23 bits per heavy atom. The Bertz CT molecular complexity index is 132. The molecular formula is C11H23NO. The number of carbonyl (C=O) groups is 1. The quantitative estimate of drug-likeness (QED) is 0.607. The highest BCUT2D eigenvalue weighted by Crippen LogP contribution is 2.02. The molecule has 0 aromatic rings. The molecule has 0 aliphatic rings. The van der Waals surface area contributed by atoms with E-state index < -0.39 is 0 Å². The summed E-state index contributed by atoms with van der Waals surface area (Å²) in [5.74, 6) is 0.768. The average Bonchev–Trinajstić information content (AvgIpc) is 2.09. The molecule has 0 bridgehead atoms. The molecule has 13 heavy (non-hydrogen) atoms. The molecule has 0 saturated carbocycles. The van der Waals surface area contributed by atoms with Crippen LogP contribution in [0.15, 0.2) is 0 Å². The second kappa shape index (κ2) is 8.09. The first-order valence-corrected chi connectivity index (χ1v) is 5.43. The lowest BCUT2D eigenvalue weighted by Gasteiger charge is -2.06. The summed E-state index contributed by atoms with van der Waals surface area (Å²) in [5, 5.41) is 2.92. The van der Waals surface area contributed by atoms with Gasteiger partial charge in [-0.2, -0.15) is 0 Å². The van der Waals surface area contributed by atoms with Gasteiger partial charge in [-0.1, -0.05) is 40.0 Å². The maximum Gasteiger partial charge on any atom is 0.220 e. The predicted octanol–water partition coefficient (Wildman–Crippen LogP) is 2.73. The van der Waals surface area contributed by atoms with Crippen molar-refractivity contribution in [2.24, 2.45) is 5.92 Å². The first-order chi connectivity index (χ1) is 6.16. The van der Waals surface area contributed by atoms with Crippen molar-refractivity contribution < 1.29 is 4.79 Å². The third-order valence-electron chi connectivity index (χ3n) is 1.96. The Morgan fingerprint density at radius 3 is 2.46 bits per heavy atom. The summed E-state index contributed by atoms with van der Waals surface area (Å²) in [6.07, 6.45) is 5.40. The predicted molar refractivity (Wildman–Crippen MR) is 56.6 cm³/mol. The molecule has 0 unspecified atom stereocenters. The normalized spacial score (nSPS) is 10.5. The van der Waals surface area contributed by atoms with Gasteiger partial charge in [-0.05, 0) is 12.3 Å². The molecule has 0 aromatic carbocycles. The lowest BCUT2D eigenvalue weighted by molar-refractivity contribution is -0.121. The Labute approximate surface area is 82.1 Å². The molecule has 0 aliphatic heterocycles. The van der Waals surface area contributed by atoms with Gasteiger partial charge in [0.1, 0.15) is 0 Å². The molecule has 2 nitrogen and oxygen atoms in total. The molecule has 0 heterocycles. The Morgan fingerprint density at radius 2 is 1.92 bits per heavy atom. The monoisotopic (exact) mass is 185 g/mol. The summed E-state index contributed by atoms with van der Waals surface area (Å²) in [4.78, 5) is 11.2. The van der Waals surface area contributed by atoms with Crippen molar-refractivity contribution in [2.75, 3.05) is 6.54 Å². The van der Waals surface area contributed by atoms with Gasteiger partial charge in [0.2, 0.25) is 5.91 Å². The van der Waals surface area contributed by atoms with Crippen LogP contribution < -0.4 is 5.32 Å². The maximum atomic E-state index is 11.2. The van der Waals surface area contributed by atoms with Gasteiger partial charge in [0.25, 0.3) is 0 Å². The topological polar surface area (TPSA) is 29.1 Å². The lowest BCUT2D eigenvalue weighted by Crippen LogP contribution is -2.26. The van der Waals surface area contributed by atoms with E-state index in [-0.39, 0.29) is 5.91 Å². The largest absolute Gasteiger partial charge is 0.356 e. The minimum absolute atomic E-state index is 0.213. The zero-order valence-electron chi connectivity index (χ0n) is 9.23. The van der Waals surface area contributed by atoms with Gasteiger partial charge >= 0.3 is 0 Å². The van der Waals surface area contributed by atoms with E-state index in [2.05, 4.69) is 26.1 Å². The highest BCUT2D eigenvalue weighted by atomic mass is 16.1. The molecule has 0 saturated heterocycles. The van der Waals surface area contributed by atoms with Crippen LogP contribution in [0.25, 0.3) is 0 Å². The summed E-state index contributed by atoms with van der Waals surface area (Å²) < 4.78 is 0. The molecule has 1 N–H and O–H groups in total. The molecule has 2 heteroatoms. The zero-order chi connectivity index (χ0) is 10.1. The molecule has 0 rings (SSSR count). The van der Waals surface area contributed by atoms with Crippen molar-refractivity contribution >= 4 is 5.91 Å². The molecule has 0 radical (unpaired) electrons. The van der Waals surface area contributed by atoms with Crippen LogP contribution in [0.3, 0.4) is 0 Å². The molecule has 0 atom stereocenters. The number of unbranched alkanes of at least 4 members (excludes halogenated alkanes) is 3. The van der Waals surface area contributed by atoms with Crippen LogP contribution in [0.4, 0.5) is 0 Å². The fourth-order valence-corrected chi connectivity index (χ4v) is 1.12. The van der Waals surface area contributed by atoms with E-state index in [9.17, 15) is 4.79 Å². The van der Waals surface area contributed by atoms with Gasteiger partial charge in [0, 0.05) is 13.0 Å². The average molecular weight is 185 g/mol. The SMILES string of the molecule is CCCCCCC(=O)NCC(C)C. The fourth-order valence-electron chi connectivity index (χ4n) is 1.12. The van der Waals surface area contributed by atoms with Gasteiger partial charge in [0.15, 0.2) is 0 Å². The lowest BCUT2D eigenvalue weighted by atomic mass is 10.1. The Hall–Kier alpha value is -0.530. The van der Waals surface area contributed by atoms with Gasteiger partial charge in [-0.25, -0.2) is 0 Å². The number of rotatable bonds is 7. The second-order valence-electron chi connectivity index (χ2n) is 4.01. The van der Waals surface area contributed by atoms with Crippen molar-refractivity contribution in [3.63, 3.8) is 0 Å². The molecule has 1 amide bonds. The van der Waals surface area contributed by atoms with Crippen molar-refractivity contribution in [3.05, 3.63) is 0 Å². The van der Waals surface area contributed by atoms with Crippen molar-refractivity contribution in [1.29, 1.82) is 0 Å². The van der Waals surface area contributed by atoms with Crippen LogP contribution >= 0.6 is 0 Å². The summed E-state index contributed by atoms with van der Waals surface area (Å²) >= 11 is 0. The highest BCUT2D eigenvalue weighted by Gasteiger charge is 2.00. The Kier molecular flexibility index (Phi) is 7.76. The molecule has 0 spiro atoms. The van der Waals surface area contributed by atoms with Crippen molar-refractivity contribution in [1.82, 2.24) is 5.32 Å². The Balaban J connectivity index is 3.20. The molecule has 78 valence electrons. The molecular weight excluding hydrogens is 162 g/mol. The number of hydrogen-bond acceptors (Lipinski definition) is 1. The van der Waals surface area contributed by atoms with Gasteiger partial charge in [0.05, 0.1) is 0 Å². The van der Waals surface area contributed by atoms with E-state index in [1.54, 1.807) is 0 Å². The van der Waals surface area contributed by atoms with Crippen LogP contribution in [0, 0.1) is 5.92 Å².